The summed E-state index contributed by atoms with van der Waals surface area (Å²) in [5.74, 6) is 0. The van der Waals surface area contributed by atoms with Crippen molar-refractivity contribution >= 4 is 27.6 Å². The second-order valence-electron chi connectivity index (χ2n) is 1.34. The van der Waals surface area contributed by atoms with Crippen molar-refractivity contribution in [3.05, 3.63) is 0 Å². The summed E-state index contributed by atoms with van der Waals surface area (Å²) in [6, 6.07) is 0. The number of isocyanates is 1. The first-order valence-corrected chi connectivity index (χ1v) is 5.06. The molecule has 0 saturated carbocycles. The van der Waals surface area contributed by atoms with Gasteiger partial charge in [0.1, 0.15) is 0 Å². The van der Waals surface area contributed by atoms with Crippen LogP contribution in [-0.4, -0.2) is 10.5 Å². The van der Waals surface area contributed by atoms with Crippen molar-refractivity contribution in [2.75, 3.05) is 4.43 Å². The van der Waals surface area contributed by atoms with Crippen molar-refractivity contribution in [2.24, 2.45) is 3.21 Å². The standard InChI is InChI=1S/C5H9INO/c1-2-3-4-6-7-5-8/h2-4H2,1H3. The van der Waals surface area contributed by atoms with Gasteiger partial charge in [-0.1, -0.05) is 13.3 Å². The van der Waals surface area contributed by atoms with Gasteiger partial charge in [-0.25, -0.2) is 4.79 Å². The van der Waals surface area contributed by atoms with E-state index in [1.807, 2.05) is 0 Å². The topological polar surface area (TPSA) is 29.4 Å². The first-order chi connectivity index (χ1) is 3.91. The zero-order valence-electron chi connectivity index (χ0n) is 4.85. The van der Waals surface area contributed by atoms with Crippen molar-refractivity contribution in [3.8, 4) is 0 Å². The smallest absolute Gasteiger partial charge is 0.211 e. The molecule has 0 unspecified atom stereocenters. The van der Waals surface area contributed by atoms with Gasteiger partial charge in [0, 0.05) is 25.9 Å². The van der Waals surface area contributed by atoms with Gasteiger partial charge in [-0.15, -0.1) is 3.21 Å². The van der Waals surface area contributed by atoms with E-state index in [0.29, 0.717) is 0 Å². The van der Waals surface area contributed by atoms with E-state index in [0.717, 1.165) is 4.43 Å². The van der Waals surface area contributed by atoms with E-state index in [-0.39, 0.29) is 21.5 Å². The van der Waals surface area contributed by atoms with Crippen LogP contribution in [0, 0.1) is 0 Å². The molecular weight excluding hydrogens is 217 g/mol. The minimum Gasteiger partial charge on any atom is -0.211 e. The van der Waals surface area contributed by atoms with Crippen LogP contribution in [0.5, 0.6) is 0 Å². The van der Waals surface area contributed by atoms with Crippen LogP contribution in [0.25, 0.3) is 0 Å². The summed E-state index contributed by atoms with van der Waals surface area (Å²) in [7, 11) is 0. The van der Waals surface area contributed by atoms with Crippen LogP contribution in [-0.2, 0) is 4.79 Å². The Kier molecular flexibility index (Phi) is 7.21. The largest absolute Gasteiger partial charge is 0.245 e. The predicted molar refractivity (Wildman–Crippen MR) is 41.9 cm³/mol. The number of halogens is 1. The zero-order valence-corrected chi connectivity index (χ0v) is 7.01. The minimum absolute atomic E-state index is 0.180. The third-order valence-corrected chi connectivity index (χ3v) is 2.45. The number of hydrogen-bond donors (Lipinski definition) is 0. The number of hydrogen-bond acceptors (Lipinski definition) is 2. The van der Waals surface area contributed by atoms with Gasteiger partial charge in [0.05, 0.1) is 0 Å². The summed E-state index contributed by atoms with van der Waals surface area (Å²) >= 11 is -0.180. The highest BCUT2D eigenvalue weighted by Crippen LogP contribution is 2.12. The Morgan fingerprint density at radius 1 is 1.75 bits per heavy atom. The van der Waals surface area contributed by atoms with Crippen LogP contribution in [0.2, 0.25) is 0 Å². The molecule has 0 fully saturated rings. The highest BCUT2D eigenvalue weighted by molar-refractivity contribution is 14.2. The lowest BCUT2D eigenvalue weighted by Crippen LogP contribution is -1.69. The molecule has 2 nitrogen and oxygen atoms in total. The molecule has 0 atom stereocenters. The highest BCUT2D eigenvalue weighted by Gasteiger charge is 1.80. The van der Waals surface area contributed by atoms with Crippen molar-refractivity contribution in [1.29, 1.82) is 0 Å². The lowest BCUT2D eigenvalue weighted by molar-refractivity contribution is 0.566. The van der Waals surface area contributed by atoms with E-state index in [2.05, 4.69) is 10.1 Å². The molecule has 0 spiro atoms. The third-order valence-electron chi connectivity index (χ3n) is 0.666. The molecule has 0 amide bonds. The van der Waals surface area contributed by atoms with Crippen LogP contribution in [0.15, 0.2) is 3.21 Å². The fourth-order valence-corrected chi connectivity index (χ4v) is 1.74. The molecule has 3 heteroatoms. The molecule has 0 aliphatic carbocycles. The summed E-state index contributed by atoms with van der Waals surface area (Å²) in [5.41, 5.74) is 0. The number of rotatable bonds is 4. The molecule has 0 aromatic heterocycles. The Balaban J connectivity index is 2.82. The molecule has 1 radical (unpaired) electrons. The molecular formula is C5H9INO. The van der Waals surface area contributed by atoms with E-state index in [9.17, 15) is 4.79 Å². The first kappa shape index (κ1) is 8.11. The van der Waals surface area contributed by atoms with Crippen LogP contribution in [0.1, 0.15) is 19.8 Å². The summed E-state index contributed by atoms with van der Waals surface area (Å²) < 4.78 is 4.64. The number of unbranched alkanes of at least 4 members (excludes halogenated alkanes) is 1. The lowest BCUT2D eigenvalue weighted by Gasteiger charge is -1.85. The third kappa shape index (κ3) is 6.11. The van der Waals surface area contributed by atoms with Crippen LogP contribution >= 0.6 is 21.5 Å². The molecule has 0 N–H and O–H groups in total. The van der Waals surface area contributed by atoms with Crippen molar-refractivity contribution < 1.29 is 4.79 Å². The minimum atomic E-state index is -0.180. The number of carbonyl (C=O) groups excluding carboxylic acids is 1. The fraction of sp³-hybridized carbons (Fsp3) is 0.800. The molecule has 0 heterocycles. The van der Waals surface area contributed by atoms with E-state index in [4.69, 9.17) is 0 Å². The van der Waals surface area contributed by atoms with E-state index in [1.54, 1.807) is 6.08 Å². The molecule has 0 saturated heterocycles. The maximum absolute atomic E-state index is 9.50. The predicted octanol–water partition coefficient (Wildman–Crippen LogP) is 2.01. The zero-order chi connectivity index (χ0) is 6.24. The van der Waals surface area contributed by atoms with Gasteiger partial charge < -0.3 is 0 Å². The molecule has 0 aromatic carbocycles. The average Bonchev–Trinajstić information content (AvgIpc) is 1.81. The van der Waals surface area contributed by atoms with Crippen molar-refractivity contribution in [1.82, 2.24) is 0 Å². The van der Waals surface area contributed by atoms with Crippen LogP contribution < -0.4 is 0 Å². The van der Waals surface area contributed by atoms with Gasteiger partial charge in [0.15, 0.2) is 0 Å². The van der Waals surface area contributed by atoms with Gasteiger partial charge in [-0.3, -0.25) is 0 Å². The number of alkyl halides is 1. The van der Waals surface area contributed by atoms with Gasteiger partial charge in [-0.05, 0) is 6.42 Å². The molecule has 8 heavy (non-hydrogen) atoms. The molecule has 0 aliphatic heterocycles. The lowest BCUT2D eigenvalue weighted by atomic mass is 10.4. The summed E-state index contributed by atoms with van der Waals surface area (Å²) in [5, 5.41) is 0. The SMILES string of the molecule is CCCC[I]N=C=O. The van der Waals surface area contributed by atoms with Gasteiger partial charge in [-0.2, -0.15) is 0 Å². The second-order valence-corrected chi connectivity index (χ2v) is 3.58. The molecule has 0 aliphatic rings. The van der Waals surface area contributed by atoms with Crippen molar-refractivity contribution in [2.45, 2.75) is 19.8 Å². The first-order valence-electron chi connectivity index (χ1n) is 2.57. The highest BCUT2D eigenvalue weighted by atomic mass is 127. The van der Waals surface area contributed by atoms with Gasteiger partial charge in [0.25, 0.3) is 0 Å². The molecule has 0 aromatic rings. The van der Waals surface area contributed by atoms with Gasteiger partial charge in [0.2, 0.25) is 6.08 Å². The van der Waals surface area contributed by atoms with E-state index in [1.165, 1.54) is 12.8 Å². The Hall–Kier alpha value is 0.110. The Morgan fingerprint density at radius 3 is 3.00 bits per heavy atom. The molecule has 47 valence electrons. The summed E-state index contributed by atoms with van der Waals surface area (Å²) in [4.78, 5) is 9.50. The van der Waals surface area contributed by atoms with E-state index < -0.39 is 0 Å². The maximum Gasteiger partial charge on any atom is 0.245 e. The quantitative estimate of drug-likeness (QED) is 0.237. The van der Waals surface area contributed by atoms with Crippen LogP contribution in [0.4, 0.5) is 0 Å². The molecule has 0 bridgehead atoms. The van der Waals surface area contributed by atoms with E-state index >= 15 is 0 Å². The Labute approximate surface area is 60.0 Å². The normalized spacial score (nSPS) is 8.12. The Bertz CT molecular complexity index is 88.4. The van der Waals surface area contributed by atoms with Crippen molar-refractivity contribution in [3.63, 3.8) is 0 Å². The summed E-state index contributed by atoms with van der Waals surface area (Å²) in [6.07, 6.45) is 3.96. The second kappa shape index (κ2) is 7.11. The fourth-order valence-electron chi connectivity index (χ4n) is 0.260. The van der Waals surface area contributed by atoms with Gasteiger partial charge >= 0.3 is 0 Å². The maximum atomic E-state index is 9.50. The molecule has 0 rings (SSSR count). The monoisotopic (exact) mass is 226 g/mol. The summed E-state index contributed by atoms with van der Waals surface area (Å²) in [6.45, 7) is 2.13. The average molecular weight is 226 g/mol. The Morgan fingerprint density at radius 2 is 2.50 bits per heavy atom. The van der Waals surface area contributed by atoms with Crippen LogP contribution in [0.3, 0.4) is 0 Å². The number of nitrogens with zero attached hydrogens (tertiary/aromatic N) is 1.